The van der Waals surface area contributed by atoms with Gasteiger partial charge in [-0.3, -0.25) is 0 Å². The van der Waals surface area contributed by atoms with Crippen LogP contribution in [0.5, 0.6) is 0 Å². The van der Waals surface area contributed by atoms with Crippen LogP contribution in [-0.2, 0) is 32.6 Å². The minimum absolute atomic E-state index is 0.160. The Hall–Kier alpha value is -0.980. The average molecular weight is 321 g/mol. The molecule has 1 heterocycles. The topological polar surface area (TPSA) is 86.8 Å². The molecule has 1 aromatic heterocycles. The van der Waals surface area contributed by atoms with Crippen molar-refractivity contribution in [1.82, 2.24) is 4.98 Å². The highest BCUT2D eigenvalue weighted by Gasteiger charge is 2.16. The van der Waals surface area contributed by atoms with Gasteiger partial charge in [0.15, 0.2) is 18.0 Å². The van der Waals surface area contributed by atoms with Gasteiger partial charge in [-0.2, -0.15) is 0 Å². The first-order valence-corrected chi connectivity index (χ1v) is 9.63. The van der Waals surface area contributed by atoms with E-state index >= 15 is 0 Å². The number of hydrogen-bond acceptors (Lipinski definition) is 8. The maximum atomic E-state index is 11.5. The van der Waals surface area contributed by atoms with Crippen LogP contribution in [0.15, 0.2) is 10.5 Å². The number of carbonyl (C=O) groups excluding carboxylic acids is 1. The van der Waals surface area contributed by atoms with Crippen LogP contribution in [0.4, 0.5) is 5.13 Å². The monoisotopic (exact) mass is 321 g/mol. The third-order valence-corrected chi connectivity index (χ3v) is 7.17. The molecule has 106 valence electrons. The molecule has 0 radical (unpaired) electrons. The van der Waals surface area contributed by atoms with E-state index in [4.69, 9.17) is 26.9 Å². The van der Waals surface area contributed by atoms with Gasteiger partial charge in [0.1, 0.15) is 6.26 Å². The van der Waals surface area contributed by atoms with Crippen LogP contribution in [0.3, 0.4) is 0 Å². The van der Waals surface area contributed by atoms with Crippen LogP contribution in [0.25, 0.3) is 0 Å². The molecule has 0 atom stereocenters. The number of oxime groups is 1. The van der Waals surface area contributed by atoms with Gasteiger partial charge in [-0.15, -0.1) is 11.3 Å². The third-order valence-electron chi connectivity index (χ3n) is 2.23. The van der Waals surface area contributed by atoms with Crippen LogP contribution in [-0.4, -0.2) is 29.5 Å². The zero-order valence-corrected chi connectivity index (χ0v) is 13.3. The Bertz CT molecular complexity index is 496. The number of carbonyl (C=O) groups is 1. The fourth-order valence-corrected chi connectivity index (χ4v) is 2.96. The molecule has 0 saturated carbocycles. The van der Waals surface area contributed by atoms with Crippen LogP contribution in [0.1, 0.15) is 19.5 Å². The van der Waals surface area contributed by atoms with Crippen molar-refractivity contribution < 1.29 is 14.2 Å². The van der Waals surface area contributed by atoms with E-state index in [-0.39, 0.29) is 6.61 Å². The van der Waals surface area contributed by atoms with Crippen LogP contribution < -0.4 is 5.73 Å². The van der Waals surface area contributed by atoms with Gasteiger partial charge in [0, 0.05) is 17.7 Å². The molecule has 0 saturated heterocycles. The molecule has 0 aromatic carbocycles. The van der Waals surface area contributed by atoms with Crippen molar-refractivity contribution in [3.63, 3.8) is 0 Å². The van der Waals surface area contributed by atoms with Crippen molar-refractivity contribution >= 4 is 46.7 Å². The van der Waals surface area contributed by atoms with Gasteiger partial charge in [0.25, 0.3) is 0 Å². The summed E-state index contributed by atoms with van der Waals surface area (Å²) < 4.78 is 5.22. The lowest BCUT2D eigenvalue weighted by Crippen LogP contribution is -2.06. The quantitative estimate of drug-likeness (QED) is 0.471. The number of nitrogen functional groups attached to an aromatic ring is 1. The Morgan fingerprint density at radius 2 is 2.32 bits per heavy atom. The van der Waals surface area contributed by atoms with E-state index in [0.717, 1.165) is 6.21 Å². The second-order valence-electron chi connectivity index (χ2n) is 3.54. The minimum Gasteiger partial charge on any atom is -0.433 e. The molecule has 2 N–H and O–H groups in total. The average Bonchev–Trinajstić information content (AvgIpc) is 2.80. The highest BCUT2D eigenvalue weighted by molar-refractivity contribution is 8.12. The number of thiazole rings is 1. The smallest absolute Gasteiger partial charge is 0.356 e. The van der Waals surface area contributed by atoms with Crippen LogP contribution >= 0.6 is 17.6 Å². The fraction of sp³-hybridized carbons (Fsp3) is 0.500. The number of rotatable bonds is 7. The predicted molar refractivity (Wildman–Crippen MR) is 81.3 cm³/mol. The van der Waals surface area contributed by atoms with Crippen LogP contribution in [0, 0.1) is 0 Å². The summed E-state index contributed by atoms with van der Waals surface area (Å²) in [4.78, 5) is 20.4. The van der Waals surface area contributed by atoms with E-state index in [9.17, 15) is 4.79 Å². The summed E-state index contributed by atoms with van der Waals surface area (Å²) in [5.41, 5.74) is 6.13. The predicted octanol–water partition coefficient (Wildman–Crippen LogP) is 2.21. The van der Waals surface area contributed by atoms with Crippen molar-refractivity contribution in [3.05, 3.63) is 11.1 Å². The largest absolute Gasteiger partial charge is 0.433 e. The lowest BCUT2D eigenvalue weighted by Gasteiger charge is -2.16. The Balaban J connectivity index is 2.36. The fourth-order valence-electron chi connectivity index (χ4n) is 1.11. The molecular weight excluding hydrogens is 305 g/mol. The maximum absolute atomic E-state index is 11.5. The molecule has 0 aliphatic carbocycles. The lowest BCUT2D eigenvalue weighted by atomic mass is 10.5. The Kier molecular flexibility index (Phi) is 6.41. The molecule has 9 heteroatoms. The van der Waals surface area contributed by atoms with E-state index in [1.807, 2.05) is 13.8 Å². The van der Waals surface area contributed by atoms with Crippen molar-refractivity contribution in [2.24, 2.45) is 5.16 Å². The summed E-state index contributed by atoms with van der Waals surface area (Å²) in [7, 11) is 0. The van der Waals surface area contributed by atoms with Crippen LogP contribution in [0.2, 0.25) is 0 Å². The molecular formula is C10H16N3O3PS2. The number of hydrogen-bond donors (Lipinski definition) is 1. The second-order valence-corrected chi connectivity index (χ2v) is 9.50. The molecule has 6 nitrogen and oxygen atoms in total. The first-order chi connectivity index (χ1) is 8.99. The van der Waals surface area contributed by atoms with E-state index in [1.54, 1.807) is 5.38 Å². The first-order valence-electron chi connectivity index (χ1n) is 5.66. The van der Waals surface area contributed by atoms with Crippen molar-refractivity contribution in [1.29, 1.82) is 0 Å². The zero-order valence-electron chi connectivity index (χ0n) is 10.7. The van der Waals surface area contributed by atoms with Gasteiger partial charge in [-0.25, -0.2) is 9.78 Å². The summed E-state index contributed by atoms with van der Waals surface area (Å²) >= 11 is 6.60. The minimum atomic E-state index is -2.03. The molecule has 0 aliphatic rings. The Labute approximate surface area is 121 Å². The molecule has 19 heavy (non-hydrogen) atoms. The van der Waals surface area contributed by atoms with Crippen molar-refractivity contribution in [2.75, 3.05) is 18.1 Å². The molecule has 0 fully saturated rings. The molecule has 0 unspecified atom stereocenters. The van der Waals surface area contributed by atoms with Crippen molar-refractivity contribution in [3.8, 4) is 0 Å². The molecule has 1 rings (SSSR count). The summed E-state index contributed by atoms with van der Waals surface area (Å²) in [6, 6.07) is 0. The Morgan fingerprint density at radius 3 is 2.84 bits per heavy atom. The van der Waals surface area contributed by atoms with E-state index in [0.29, 0.717) is 23.1 Å². The summed E-state index contributed by atoms with van der Waals surface area (Å²) in [6.45, 7) is 3.99. The highest BCUT2D eigenvalue weighted by atomic mass is 32.4. The summed E-state index contributed by atoms with van der Waals surface area (Å²) in [6.07, 6.45) is 0.313. The standard InChI is InChI=1S/C10H16N3O3PS2/c1-3-17(18,4-2)16-9(14)5-12-15-6-8-7-19-10(11)13-8/h5,7H,3-4,6H2,1-2H3,(H2,11,13). The molecule has 0 amide bonds. The van der Waals surface area contributed by atoms with Crippen molar-refractivity contribution in [2.45, 2.75) is 20.5 Å². The van der Waals surface area contributed by atoms with Gasteiger partial charge in [0.05, 0.1) is 5.69 Å². The van der Waals surface area contributed by atoms with Gasteiger partial charge < -0.3 is 15.1 Å². The number of nitrogens with two attached hydrogens (primary N) is 1. The highest BCUT2D eigenvalue weighted by Crippen LogP contribution is 2.46. The number of nitrogens with zero attached hydrogens (tertiary/aromatic N) is 2. The lowest BCUT2D eigenvalue weighted by molar-refractivity contribution is -0.126. The number of aromatic nitrogens is 1. The van der Waals surface area contributed by atoms with E-state index < -0.39 is 12.2 Å². The van der Waals surface area contributed by atoms with E-state index in [2.05, 4.69) is 10.1 Å². The molecule has 0 spiro atoms. The second kappa shape index (κ2) is 7.57. The third kappa shape index (κ3) is 5.67. The molecule has 0 bridgehead atoms. The van der Waals surface area contributed by atoms with Gasteiger partial charge in [-0.1, -0.05) is 30.8 Å². The van der Waals surface area contributed by atoms with E-state index in [1.165, 1.54) is 11.3 Å². The molecule has 1 aromatic rings. The van der Waals surface area contributed by atoms with Gasteiger partial charge in [0.2, 0.25) is 0 Å². The SMILES string of the molecule is CCP(=S)(CC)OC(=O)C=NOCc1csc(N)n1. The van der Waals surface area contributed by atoms with Gasteiger partial charge in [-0.05, 0) is 0 Å². The summed E-state index contributed by atoms with van der Waals surface area (Å²) in [5.74, 6) is -0.565. The normalized spacial score (nSPS) is 11.7. The Morgan fingerprint density at radius 1 is 1.63 bits per heavy atom. The zero-order chi connectivity index (χ0) is 14.3. The number of anilines is 1. The maximum Gasteiger partial charge on any atom is 0.356 e. The first kappa shape index (κ1) is 16.1. The molecule has 0 aliphatic heterocycles. The van der Waals surface area contributed by atoms with Gasteiger partial charge >= 0.3 is 5.97 Å². The summed E-state index contributed by atoms with van der Waals surface area (Å²) in [5, 5.41) is 5.75.